The van der Waals surface area contributed by atoms with Gasteiger partial charge in [-0.1, -0.05) is 109 Å². The smallest absolute Gasteiger partial charge is 0.0716 e. The van der Waals surface area contributed by atoms with Gasteiger partial charge in [0.15, 0.2) is 0 Å². The lowest BCUT2D eigenvalue weighted by molar-refractivity contribution is 0.822. The number of aryl methyl sites for hydroxylation is 1. The Kier molecular flexibility index (Phi) is 8.38. The third kappa shape index (κ3) is 6.24. The summed E-state index contributed by atoms with van der Waals surface area (Å²) in [6.45, 7) is 6.84. The summed E-state index contributed by atoms with van der Waals surface area (Å²) in [5.74, 6) is 0.535. The van der Waals surface area contributed by atoms with Gasteiger partial charge in [0.2, 0.25) is 0 Å². The van der Waals surface area contributed by atoms with Crippen LogP contribution < -0.4 is 0 Å². The molecule has 3 aromatic carbocycles. The van der Waals surface area contributed by atoms with Crippen LogP contribution in [-0.2, 0) is 6.42 Å². The number of nitrogens with zero attached hydrogens (tertiary/aromatic N) is 2. The van der Waals surface area contributed by atoms with E-state index in [0.29, 0.717) is 12.5 Å². The molecular formula is C43H40N2. The zero-order valence-corrected chi connectivity index (χ0v) is 26.2. The first-order valence-corrected chi connectivity index (χ1v) is 16.3. The molecule has 1 atom stereocenters. The van der Waals surface area contributed by atoms with Crippen LogP contribution in [0.1, 0.15) is 60.3 Å². The van der Waals surface area contributed by atoms with E-state index in [4.69, 9.17) is 4.99 Å². The zero-order chi connectivity index (χ0) is 30.6. The second-order valence-electron chi connectivity index (χ2n) is 12.4. The van der Waals surface area contributed by atoms with E-state index in [9.17, 15) is 0 Å². The van der Waals surface area contributed by atoms with Crippen LogP contribution >= 0.6 is 0 Å². The Balaban J connectivity index is 1.21. The van der Waals surface area contributed by atoms with E-state index in [0.717, 1.165) is 61.1 Å². The average molecular weight is 585 g/mol. The standard InChI is InChI=1S/C43H40N2/c1-30-20-21-33(34-22-23-37-24-35-16-9-10-19-39(35)41(37)27-34)26-40(30)36-17-11-18-38(25-36)42(44-2)28-43(32-14-7-4-8-15-32)45-29-31-12-5-3-6-13-31/h5,7,9-18,20-23,25-28,39H,2-4,6,8,19,24,29H2,1H3/b42-28-,45-43?. The van der Waals surface area contributed by atoms with Crippen molar-refractivity contribution >= 4 is 18.1 Å². The third-order valence-corrected chi connectivity index (χ3v) is 9.46. The molecular weight excluding hydrogens is 544 g/mol. The first-order chi connectivity index (χ1) is 22.2. The van der Waals surface area contributed by atoms with E-state index in [2.05, 4.69) is 140 Å². The average Bonchev–Trinajstić information content (AvgIpc) is 3.47. The van der Waals surface area contributed by atoms with Crippen LogP contribution in [-0.4, -0.2) is 19.0 Å². The highest BCUT2D eigenvalue weighted by Crippen LogP contribution is 2.43. The van der Waals surface area contributed by atoms with Crippen molar-refractivity contribution in [2.75, 3.05) is 6.54 Å². The molecule has 0 aliphatic heterocycles. The summed E-state index contributed by atoms with van der Waals surface area (Å²) < 4.78 is 0. The monoisotopic (exact) mass is 584 g/mol. The highest BCUT2D eigenvalue weighted by molar-refractivity contribution is 6.14. The van der Waals surface area contributed by atoms with Crippen molar-refractivity contribution in [1.82, 2.24) is 0 Å². The fraction of sp³-hybridized carbons (Fsp3) is 0.209. The molecule has 0 heterocycles. The predicted octanol–water partition coefficient (Wildman–Crippen LogP) is 10.9. The Labute approximate surface area is 268 Å². The van der Waals surface area contributed by atoms with Gasteiger partial charge in [-0.25, -0.2) is 0 Å². The molecule has 0 saturated carbocycles. The van der Waals surface area contributed by atoms with Gasteiger partial charge in [0.25, 0.3) is 0 Å². The van der Waals surface area contributed by atoms with Crippen molar-refractivity contribution in [3.05, 3.63) is 160 Å². The molecule has 0 aromatic heterocycles. The maximum absolute atomic E-state index is 5.08. The van der Waals surface area contributed by atoms with Crippen molar-refractivity contribution in [2.45, 2.75) is 51.4 Å². The van der Waals surface area contributed by atoms with Gasteiger partial charge in [-0.15, -0.1) is 0 Å². The van der Waals surface area contributed by atoms with Crippen LogP contribution in [0.4, 0.5) is 0 Å². The van der Waals surface area contributed by atoms with Gasteiger partial charge in [0, 0.05) is 11.5 Å². The van der Waals surface area contributed by atoms with Crippen LogP contribution in [0.3, 0.4) is 0 Å². The molecule has 1 unspecified atom stereocenters. The summed E-state index contributed by atoms with van der Waals surface area (Å²) in [5.41, 5.74) is 16.0. The van der Waals surface area contributed by atoms with E-state index < -0.39 is 0 Å². The van der Waals surface area contributed by atoms with Gasteiger partial charge in [-0.3, -0.25) is 9.98 Å². The molecule has 222 valence electrons. The van der Waals surface area contributed by atoms with Crippen molar-refractivity contribution in [2.24, 2.45) is 9.98 Å². The van der Waals surface area contributed by atoms with Gasteiger partial charge in [-0.2, -0.15) is 0 Å². The first kappa shape index (κ1) is 28.9. The van der Waals surface area contributed by atoms with E-state index in [1.165, 1.54) is 44.5 Å². The summed E-state index contributed by atoms with van der Waals surface area (Å²) in [4.78, 5) is 9.60. The lowest BCUT2D eigenvalue weighted by Crippen LogP contribution is -2.04. The van der Waals surface area contributed by atoms with Crippen LogP contribution in [0, 0.1) is 6.92 Å². The van der Waals surface area contributed by atoms with Crippen molar-refractivity contribution < 1.29 is 0 Å². The highest BCUT2D eigenvalue weighted by atomic mass is 14.8. The number of allylic oxidation sites excluding steroid dienone is 11. The molecule has 0 radical (unpaired) electrons. The Morgan fingerprint density at radius 3 is 2.53 bits per heavy atom. The first-order valence-electron chi connectivity index (χ1n) is 16.3. The molecule has 2 heteroatoms. The maximum Gasteiger partial charge on any atom is 0.0716 e. The topological polar surface area (TPSA) is 24.7 Å². The molecule has 7 rings (SSSR count). The lowest BCUT2D eigenvalue weighted by atomic mass is 9.89. The summed E-state index contributed by atoms with van der Waals surface area (Å²) in [5, 5.41) is 0. The van der Waals surface area contributed by atoms with Crippen LogP contribution in [0.5, 0.6) is 0 Å². The number of fused-ring (bicyclic) bond motifs is 3. The number of benzene rings is 3. The summed E-state index contributed by atoms with van der Waals surface area (Å²) in [7, 11) is 0. The SMILES string of the molecule is C=N/C(=C\C(=NCC1=CCCC=C1)C1=CCCC=C1)c1cccc(-c2cc(-c3ccc4c(c3)C3CC=CC=C3C4)ccc2C)c1. The highest BCUT2D eigenvalue weighted by Gasteiger charge is 2.27. The summed E-state index contributed by atoms with van der Waals surface area (Å²) in [6.07, 6.45) is 28.9. The largest absolute Gasteiger partial charge is 0.280 e. The Morgan fingerprint density at radius 2 is 1.71 bits per heavy atom. The van der Waals surface area contributed by atoms with Crippen LogP contribution in [0.2, 0.25) is 0 Å². The number of hydrogen-bond donors (Lipinski definition) is 0. The molecule has 3 aromatic rings. The summed E-state index contributed by atoms with van der Waals surface area (Å²) in [6, 6.07) is 22.6. The van der Waals surface area contributed by atoms with E-state index in [-0.39, 0.29) is 0 Å². The maximum atomic E-state index is 5.08. The molecule has 0 fully saturated rings. The van der Waals surface area contributed by atoms with Crippen molar-refractivity contribution in [1.29, 1.82) is 0 Å². The van der Waals surface area contributed by atoms with Gasteiger partial charge in [0.05, 0.1) is 18.0 Å². The summed E-state index contributed by atoms with van der Waals surface area (Å²) >= 11 is 0. The van der Waals surface area contributed by atoms with E-state index in [1.54, 1.807) is 5.57 Å². The fourth-order valence-electron chi connectivity index (χ4n) is 6.96. The lowest BCUT2D eigenvalue weighted by Gasteiger charge is -2.16. The number of aliphatic imine (C=N–C) groups is 2. The molecule has 0 spiro atoms. The predicted molar refractivity (Wildman–Crippen MR) is 193 cm³/mol. The molecule has 2 nitrogen and oxygen atoms in total. The molecule has 0 bridgehead atoms. The minimum absolute atomic E-state index is 0.535. The van der Waals surface area contributed by atoms with Gasteiger partial charge < -0.3 is 0 Å². The number of hydrogen-bond acceptors (Lipinski definition) is 2. The minimum Gasteiger partial charge on any atom is -0.280 e. The van der Waals surface area contributed by atoms with Crippen LogP contribution in [0.25, 0.3) is 28.0 Å². The molecule has 0 amide bonds. The van der Waals surface area contributed by atoms with E-state index in [1.807, 2.05) is 0 Å². The zero-order valence-electron chi connectivity index (χ0n) is 26.2. The quantitative estimate of drug-likeness (QED) is 0.235. The number of rotatable bonds is 8. The third-order valence-electron chi connectivity index (χ3n) is 9.46. The molecule has 45 heavy (non-hydrogen) atoms. The van der Waals surface area contributed by atoms with Gasteiger partial charge in [-0.05, 0) is 120 Å². The van der Waals surface area contributed by atoms with Crippen molar-refractivity contribution in [3.8, 4) is 22.3 Å². The molecule has 4 aliphatic rings. The Bertz CT molecular complexity index is 1900. The van der Waals surface area contributed by atoms with Gasteiger partial charge >= 0.3 is 0 Å². The van der Waals surface area contributed by atoms with E-state index >= 15 is 0 Å². The van der Waals surface area contributed by atoms with Gasteiger partial charge in [0.1, 0.15) is 0 Å². The van der Waals surface area contributed by atoms with Crippen LogP contribution in [0.15, 0.2) is 148 Å². The molecule has 4 aliphatic carbocycles. The molecule has 0 N–H and O–H groups in total. The van der Waals surface area contributed by atoms with Crippen molar-refractivity contribution in [3.63, 3.8) is 0 Å². The minimum atomic E-state index is 0.535. The second-order valence-corrected chi connectivity index (χ2v) is 12.4. The Hall–Kier alpha value is -4.82. The Morgan fingerprint density at radius 1 is 0.867 bits per heavy atom. The second kappa shape index (κ2) is 13.0. The normalized spacial score (nSPS) is 19.0. The molecule has 0 saturated heterocycles. The fourth-order valence-corrected chi connectivity index (χ4v) is 6.96.